The summed E-state index contributed by atoms with van der Waals surface area (Å²) in [5, 5.41) is 3.48. The molecule has 1 aliphatic heterocycles. The van der Waals surface area contributed by atoms with Crippen LogP contribution in [0.4, 0.5) is 5.95 Å². The van der Waals surface area contributed by atoms with Crippen molar-refractivity contribution in [3.05, 3.63) is 16.9 Å². The zero-order valence-corrected chi connectivity index (χ0v) is 17.0. The fourth-order valence-corrected chi connectivity index (χ4v) is 3.98. The minimum absolute atomic E-state index is 0.0847. The fraction of sp³-hybridized carbons (Fsp3) is 0.688. The minimum atomic E-state index is -3.15. The van der Waals surface area contributed by atoms with Gasteiger partial charge in [-0.3, -0.25) is 4.79 Å². The zero-order valence-electron chi connectivity index (χ0n) is 15.5. The molecule has 1 N–H and O–H groups in total. The van der Waals surface area contributed by atoms with Gasteiger partial charge >= 0.3 is 5.97 Å². The number of carbonyl (C=O) groups excluding carboxylic acids is 1. The van der Waals surface area contributed by atoms with Crippen LogP contribution in [0.3, 0.4) is 0 Å². The summed E-state index contributed by atoms with van der Waals surface area (Å²) in [7, 11) is -1.79. The average molecular weight is 405 g/mol. The third kappa shape index (κ3) is 5.28. The predicted octanol–water partition coefficient (Wildman–Crippen LogP) is 1.71. The molecule has 1 aliphatic rings. The van der Waals surface area contributed by atoms with E-state index < -0.39 is 15.4 Å². The van der Waals surface area contributed by atoms with E-state index in [1.165, 1.54) is 17.7 Å². The molecular weight excluding hydrogens is 380 g/mol. The van der Waals surface area contributed by atoms with Crippen LogP contribution in [0.2, 0.25) is 5.15 Å². The number of anilines is 1. The zero-order chi connectivity index (χ0) is 19.5. The number of ether oxygens (including phenoxy) is 1. The van der Waals surface area contributed by atoms with E-state index in [9.17, 15) is 13.2 Å². The number of nitrogens with one attached hydrogen (secondary N) is 1. The molecule has 1 aromatic heterocycles. The van der Waals surface area contributed by atoms with Gasteiger partial charge in [-0.2, -0.15) is 0 Å². The SMILES string of the molecule is COC(=O)C(C)(C)Cc1cnc(NC2CCN(S(C)(=O)=O)CC2)nc1Cl. The van der Waals surface area contributed by atoms with Crippen LogP contribution in [-0.2, 0) is 26.0 Å². The number of aromatic nitrogens is 2. The van der Waals surface area contributed by atoms with Gasteiger partial charge in [-0.1, -0.05) is 11.6 Å². The highest BCUT2D eigenvalue weighted by Crippen LogP contribution is 2.27. The van der Waals surface area contributed by atoms with E-state index in [1.807, 2.05) is 0 Å². The Hall–Kier alpha value is -1.45. The van der Waals surface area contributed by atoms with Gasteiger partial charge < -0.3 is 10.1 Å². The first-order valence-corrected chi connectivity index (χ1v) is 10.6. The molecule has 2 rings (SSSR count). The minimum Gasteiger partial charge on any atom is -0.469 e. The molecule has 0 aromatic carbocycles. The van der Waals surface area contributed by atoms with E-state index in [2.05, 4.69) is 15.3 Å². The van der Waals surface area contributed by atoms with Crippen LogP contribution in [0.25, 0.3) is 0 Å². The number of rotatable bonds is 6. The van der Waals surface area contributed by atoms with Crippen LogP contribution in [-0.4, -0.2) is 61.2 Å². The lowest BCUT2D eigenvalue weighted by Crippen LogP contribution is -2.42. The largest absolute Gasteiger partial charge is 0.469 e. The maximum absolute atomic E-state index is 11.8. The second-order valence-electron chi connectivity index (χ2n) is 7.14. The quantitative estimate of drug-likeness (QED) is 0.568. The van der Waals surface area contributed by atoms with E-state index >= 15 is 0 Å². The standard InChI is InChI=1S/C16H25ClN4O4S/c1-16(2,14(22)25-3)9-11-10-18-15(20-13(11)17)19-12-5-7-21(8-6-12)26(4,23)24/h10,12H,5-9H2,1-4H3,(H,18,19,20). The highest BCUT2D eigenvalue weighted by atomic mass is 35.5. The molecule has 0 radical (unpaired) electrons. The number of piperidine rings is 1. The molecule has 2 heterocycles. The number of esters is 1. The van der Waals surface area contributed by atoms with Gasteiger partial charge in [0.25, 0.3) is 0 Å². The summed E-state index contributed by atoms with van der Waals surface area (Å²) in [5.41, 5.74) is -0.0608. The fourth-order valence-electron chi connectivity index (χ4n) is 2.91. The molecule has 0 saturated carbocycles. The number of methoxy groups -OCH3 is 1. The number of sulfonamides is 1. The Kier molecular flexibility index (Phi) is 6.46. The molecule has 26 heavy (non-hydrogen) atoms. The summed E-state index contributed by atoms with van der Waals surface area (Å²) < 4.78 is 29.4. The number of nitrogens with zero attached hydrogens (tertiary/aromatic N) is 3. The van der Waals surface area contributed by atoms with Gasteiger partial charge in [0.2, 0.25) is 16.0 Å². The number of carbonyl (C=O) groups is 1. The molecule has 0 bridgehead atoms. The van der Waals surface area contributed by atoms with Gasteiger partial charge in [0.15, 0.2) is 0 Å². The highest BCUT2D eigenvalue weighted by molar-refractivity contribution is 7.88. The molecule has 0 atom stereocenters. The Morgan fingerprint density at radius 2 is 2.04 bits per heavy atom. The number of halogens is 1. The van der Waals surface area contributed by atoms with E-state index in [0.29, 0.717) is 43.9 Å². The summed E-state index contributed by atoms with van der Waals surface area (Å²) >= 11 is 6.25. The van der Waals surface area contributed by atoms with E-state index in [4.69, 9.17) is 16.3 Å². The van der Waals surface area contributed by atoms with E-state index in [0.717, 1.165) is 0 Å². The molecule has 0 aliphatic carbocycles. The van der Waals surface area contributed by atoms with Gasteiger partial charge in [0.1, 0.15) is 5.15 Å². The lowest BCUT2D eigenvalue weighted by atomic mass is 9.87. The topological polar surface area (TPSA) is 101 Å². The van der Waals surface area contributed by atoms with Crippen molar-refractivity contribution >= 4 is 33.5 Å². The van der Waals surface area contributed by atoms with Gasteiger partial charge in [0, 0.05) is 30.9 Å². The molecule has 8 nitrogen and oxygen atoms in total. The lowest BCUT2D eigenvalue weighted by Gasteiger charge is -2.30. The van der Waals surface area contributed by atoms with Crippen LogP contribution in [0.1, 0.15) is 32.3 Å². The number of hydrogen-bond acceptors (Lipinski definition) is 7. The first-order valence-electron chi connectivity index (χ1n) is 8.34. The summed E-state index contributed by atoms with van der Waals surface area (Å²) in [5.74, 6) is 0.0702. The summed E-state index contributed by atoms with van der Waals surface area (Å²) in [4.78, 5) is 20.4. The number of hydrogen-bond donors (Lipinski definition) is 1. The van der Waals surface area contributed by atoms with E-state index in [1.54, 1.807) is 20.0 Å². The monoisotopic (exact) mass is 404 g/mol. The van der Waals surface area contributed by atoms with Gasteiger partial charge in [0.05, 0.1) is 18.8 Å². The average Bonchev–Trinajstić information content (AvgIpc) is 2.56. The van der Waals surface area contributed by atoms with Gasteiger partial charge in [-0.05, 0) is 33.1 Å². The molecule has 0 spiro atoms. The van der Waals surface area contributed by atoms with Crippen LogP contribution >= 0.6 is 11.6 Å². The van der Waals surface area contributed by atoms with Crippen LogP contribution in [0.5, 0.6) is 0 Å². The van der Waals surface area contributed by atoms with Crippen molar-refractivity contribution in [1.29, 1.82) is 0 Å². The first kappa shape index (κ1) is 20.9. The van der Waals surface area contributed by atoms with Crippen LogP contribution in [0, 0.1) is 5.41 Å². The normalized spacial score (nSPS) is 17.1. The van der Waals surface area contributed by atoms with Crippen LogP contribution < -0.4 is 5.32 Å². The third-order valence-electron chi connectivity index (χ3n) is 4.44. The molecule has 146 valence electrons. The van der Waals surface area contributed by atoms with Crippen molar-refractivity contribution in [3.8, 4) is 0 Å². The maximum Gasteiger partial charge on any atom is 0.311 e. The highest BCUT2D eigenvalue weighted by Gasteiger charge is 2.30. The molecule has 1 saturated heterocycles. The maximum atomic E-state index is 11.8. The first-order chi connectivity index (χ1) is 12.0. The Morgan fingerprint density at radius 3 is 2.54 bits per heavy atom. The molecule has 0 amide bonds. The summed E-state index contributed by atoms with van der Waals surface area (Å²) in [6, 6.07) is 0.0847. The second-order valence-corrected chi connectivity index (χ2v) is 9.48. The van der Waals surface area contributed by atoms with Gasteiger partial charge in [-0.25, -0.2) is 22.7 Å². The Balaban J connectivity index is 1.99. The van der Waals surface area contributed by atoms with Crippen molar-refractivity contribution in [1.82, 2.24) is 14.3 Å². The smallest absolute Gasteiger partial charge is 0.311 e. The van der Waals surface area contributed by atoms with Crippen molar-refractivity contribution in [2.75, 3.05) is 31.8 Å². The van der Waals surface area contributed by atoms with Crippen molar-refractivity contribution in [2.45, 2.75) is 39.2 Å². The Labute approximate surface area is 159 Å². The van der Waals surface area contributed by atoms with Crippen LogP contribution in [0.15, 0.2) is 6.20 Å². The van der Waals surface area contributed by atoms with E-state index in [-0.39, 0.29) is 17.2 Å². The Bertz CT molecular complexity index is 762. The second kappa shape index (κ2) is 8.06. The van der Waals surface area contributed by atoms with Gasteiger partial charge in [-0.15, -0.1) is 0 Å². The molecule has 1 aromatic rings. The molecule has 10 heteroatoms. The Morgan fingerprint density at radius 1 is 1.42 bits per heavy atom. The summed E-state index contributed by atoms with van der Waals surface area (Å²) in [6.07, 6.45) is 4.54. The predicted molar refractivity (Wildman–Crippen MR) is 99.6 cm³/mol. The third-order valence-corrected chi connectivity index (χ3v) is 6.07. The molecule has 1 fully saturated rings. The van der Waals surface area contributed by atoms with Crippen molar-refractivity contribution in [2.24, 2.45) is 5.41 Å². The molecule has 0 unspecified atom stereocenters. The summed E-state index contributed by atoms with van der Waals surface area (Å²) in [6.45, 7) is 4.49. The van der Waals surface area contributed by atoms with Crippen molar-refractivity contribution < 1.29 is 17.9 Å². The lowest BCUT2D eigenvalue weighted by molar-refractivity contribution is -0.150. The molecular formula is C16H25ClN4O4S. The van der Waals surface area contributed by atoms with Crippen molar-refractivity contribution in [3.63, 3.8) is 0 Å².